The smallest absolute Gasteiger partial charge is 0.242 e. The molecule has 1 saturated carbocycles. The second kappa shape index (κ2) is 9.71. The Kier molecular flexibility index (Phi) is 6.78. The van der Waals surface area contributed by atoms with E-state index in [0.717, 1.165) is 29.7 Å². The zero-order valence-corrected chi connectivity index (χ0v) is 18.4. The van der Waals surface area contributed by atoms with Crippen LogP contribution in [0.4, 0.5) is 0 Å². The standard InChI is InChI=1S/C24H27ClN2O4/c1-30-21-9-5-17(6-10-21)12-26-13-22(31-16-18-3-2-4-20(25)11-18)14-27(15-23(26)28)24(29)19-7-8-19/h2-6,9-11,19,22H,7-8,12-16H2,1H3. The van der Waals surface area contributed by atoms with Gasteiger partial charge in [0.15, 0.2) is 0 Å². The van der Waals surface area contributed by atoms with Gasteiger partial charge >= 0.3 is 0 Å². The summed E-state index contributed by atoms with van der Waals surface area (Å²) in [5, 5.41) is 0.656. The third kappa shape index (κ3) is 5.77. The SMILES string of the molecule is COc1ccc(CN2CC(OCc3cccc(Cl)c3)CN(C(=O)C3CC3)CC2=O)cc1. The highest BCUT2D eigenvalue weighted by molar-refractivity contribution is 6.30. The fourth-order valence-corrected chi connectivity index (χ4v) is 4.00. The molecule has 0 aromatic heterocycles. The van der Waals surface area contributed by atoms with Gasteiger partial charge in [0.1, 0.15) is 5.75 Å². The average Bonchev–Trinajstić information content (AvgIpc) is 3.62. The number of nitrogens with zero attached hydrogens (tertiary/aromatic N) is 2. The summed E-state index contributed by atoms with van der Waals surface area (Å²) in [6.45, 7) is 1.79. The Morgan fingerprint density at radius 2 is 1.87 bits per heavy atom. The highest BCUT2D eigenvalue weighted by Crippen LogP contribution is 2.31. The Bertz CT molecular complexity index is 929. The maximum atomic E-state index is 13.0. The highest BCUT2D eigenvalue weighted by Gasteiger charge is 2.38. The monoisotopic (exact) mass is 442 g/mol. The normalized spacial score (nSPS) is 19.3. The van der Waals surface area contributed by atoms with Crippen LogP contribution in [0.15, 0.2) is 48.5 Å². The Labute approximate surface area is 187 Å². The molecule has 1 heterocycles. The van der Waals surface area contributed by atoms with E-state index >= 15 is 0 Å². The molecule has 7 heteroatoms. The molecule has 2 aliphatic rings. The minimum atomic E-state index is -0.272. The van der Waals surface area contributed by atoms with E-state index in [2.05, 4.69) is 0 Å². The number of carbonyl (C=O) groups is 2. The lowest BCUT2D eigenvalue weighted by Gasteiger charge is -2.25. The topological polar surface area (TPSA) is 59.1 Å². The molecule has 1 aliphatic heterocycles. The number of carbonyl (C=O) groups excluding carboxylic acids is 2. The largest absolute Gasteiger partial charge is 0.497 e. The summed E-state index contributed by atoms with van der Waals surface area (Å²) in [6, 6.07) is 15.2. The van der Waals surface area contributed by atoms with Gasteiger partial charge in [0.2, 0.25) is 11.8 Å². The van der Waals surface area contributed by atoms with E-state index in [4.69, 9.17) is 21.1 Å². The number of hydrogen-bond donors (Lipinski definition) is 0. The summed E-state index contributed by atoms with van der Waals surface area (Å²) in [4.78, 5) is 29.2. The predicted octanol–water partition coefficient (Wildman–Crippen LogP) is 3.51. The Morgan fingerprint density at radius 1 is 1.10 bits per heavy atom. The third-order valence-electron chi connectivity index (χ3n) is 5.67. The molecule has 0 N–H and O–H groups in total. The lowest BCUT2D eigenvalue weighted by molar-refractivity contribution is -0.139. The molecule has 1 saturated heterocycles. The zero-order chi connectivity index (χ0) is 21.8. The molecule has 1 unspecified atom stereocenters. The molecule has 1 aliphatic carbocycles. The fraction of sp³-hybridized carbons (Fsp3) is 0.417. The van der Waals surface area contributed by atoms with Crippen LogP contribution in [0.5, 0.6) is 5.75 Å². The Morgan fingerprint density at radius 3 is 2.55 bits per heavy atom. The van der Waals surface area contributed by atoms with Crippen molar-refractivity contribution >= 4 is 23.4 Å². The highest BCUT2D eigenvalue weighted by atomic mass is 35.5. The van der Waals surface area contributed by atoms with E-state index in [1.165, 1.54) is 0 Å². The van der Waals surface area contributed by atoms with Crippen molar-refractivity contribution in [3.05, 3.63) is 64.7 Å². The van der Waals surface area contributed by atoms with Crippen LogP contribution in [-0.4, -0.2) is 54.5 Å². The van der Waals surface area contributed by atoms with Crippen molar-refractivity contribution in [2.45, 2.75) is 32.1 Å². The van der Waals surface area contributed by atoms with Crippen molar-refractivity contribution in [2.24, 2.45) is 5.92 Å². The number of methoxy groups -OCH3 is 1. The molecular weight excluding hydrogens is 416 g/mol. The molecule has 0 spiro atoms. The molecule has 2 amide bonds. The number of halogens is 1. The van der Waals surface area contributed by atoms with Crippen molar-refractivity contribution in [1.29, 1.82) is 0 Å². The van der Waals surface area contributed by atoms with Crippen LogP contribution in [0.3, 0.4) is 0 Å². The van der Waals surface area contributed by atoms with Gasteiger partial charge < -0.3 is 19.3 Å². The third-order valence-corrected chi connectivity index (χ3v) is 5.91. The summed E-state index contributed by atoms with van der Waals surface area (Å²) in [5.74, 6) is 0.846. The van der Waals surface area contributed by atoms with E-state index in [9.17, 15) is 9.59 Å². The van der Waals surface area contributed by atoms with Crippen LogP contribution in [0.25, 0.3) is 0 Å². The minimum absolute atomic E-state index is 0.0568. The van der Waals surface area contributed by atoms with Crippen LogP contribution in [-0.2, 0) is 27.5 Å². The second-order valence-electron chi connectivity index (χ2n) is 8.18. The molecular formula is C24H27ClN2O4. The molecule has 2 fully saturated rings. The van der Waals surface area contributed by atoms with E-state index in [-0.39, 0.29) is 30.4 Å². The molecule has 4 rings (SSSR count). The van der Waals surface area contributed by atoms with Gasteiger partial charge in [-0.15, -0.1) is 0 Å². The van der Waals surface area contributed by atoms with Gasteiger partial charge in [-0.05, 0) is 48.2 Å². The van der Waals surface area contributed by atoms with Crippen LogP contribution < -0.4 is 4.74 Å². The van der Waals surface area contributed by atoms with E-state index in [1.54, 1.807) is 16.9 Å². The fourth-order valence-electron chi connectivity index (χ4n) is 3.79. The molecule has 2 aromatic rings. The number of hydrogen-bond acceptors (Lipinski definition) is 4. The minimum Gasteiger partial charge on any atom is -0.497 e. The maximum absolute atomic E-state index is 13.0. The summed E-state index contributed by atoms with van der Waals surface area (Å²) >= 11 is 6.08. The molecule has 6 nitrogen and oxygen atoms in total. The Hall–Kier alpha value is -2.57. The lowest BCUT2D eigenvalue weighted by atomic mass is 10.2. The zero-order valence-electron chi connectivity index (χ0n) is 17.6. The van der Waals surface area contributed by atoms with Crippen molar-refractivity contribution in [1.82, 2.24) is 9.80 Å². The first-order chi connectivity index (χ1) is 15.0. The van der Waals surface area contributed by atoms with Crippen LogP contribution in [0, 0.1) is 5.92 Å². The Balaban J connectivity index is 1.48. The quantitative estimate of drug-likeness (QED) is 0.658. The molecule has 2 aromatic carbocycles. The number of ether oxygens (including phenoxy) is 2. The number of amides is 2. The molecule has 0 bridgehead atoms. The van der Waals surface area contributed by atoms with Gasteiger partial charge in [-0.1, -0.05) is 35.9 Å². The molecule has 31 heavy (non-hydrogen) atoms. The van der Waals surface area contributed by atoms with Gasteiger partial charge in [-0.25, -0.2) is 0 Å². The molecule has 164 valence electrons. The molecule has 0 radical (unpaired) electrons. The summed E-state index contributed by atoms with van der Waals surface area (Å²) in [7, 11) is 1.63. The number of rotatable bonds is 7. The summed E-state index contributed by atoms with van der Waals surface area (Å²) in [5.41, 5.74) is 1.97. The second-order valence-corrected chi connectivity index (χ2v) is 8.61. The van der Waals surface area contributed by atoms with E-state index in [1.807, 2.05) is 48.5 Å². The lowest BCUT2D eigenvalue weighted by Crippen LogP contribution is -2.40. The maximum Gasteiger partial charge on any atom is 0.242 e. The van der Waals surface area contributed by atoms with Crippen molar-refractivity contribution in [3.8, 4) is 5.75 Å². The molecule has 1 atom stereocenters. The number of benzene rings is 2. The average molecular weight is 443 g/mol. The summed E-state index contributed by atoms with van der Waals surface area (Å²) < 4.78 is 11.4. The van der Waals surface area contributed by atoms with Crippen molar-refractivity contribution in [3.63, 3.8) is 0 Å². The van der Waals surface area contributed by atoms with Gasteiger partial charge in [0.25, 0.3) is 0 Å². The van der Waals surface area contributed by atoms with Gasteiger partial charge in [-0.3, -0.25) is 9.59 Å². The van der Waals surface area contributed by atoms with E-state index in [0.29, 0.717) is 31.3 Å². The summed E-state index contributed by atoms with van der Waals surface area (Å²) in [6.07, 6.45) is 1.55. The van der Waals surface area contributed by atoms with Gasteiger partial charge in [0, 0.05) is 30.6 Å². The van der Waals surface area contributed by atoms with Crippen LogP contribution in [0.2, 0.25) is 5.02 Å². The first-order valence-electron chi connectivity index (χ1n) is 10.6. The van der Waals surface area contributed by atoms with Gasteiger partial charge in [0.05, 0.1) is 26.4 Å². The van der Waals surface area contributed by atoms with Crippen LogP contribution >= 0.6 is 11.6 Å². The first-order valence-corrected chi connectivity index (χ1v) is 10.9. The first kappa shape index (κ1) is 21.7. The van der Waals surface area contributed by atoms with E-state index < -0.39 is 0 Å². The van der Waals surface area contributed by atoms with Crippen molar-refractivity contribution < 1.29 is 19.1 Å². The van der Waals surface area contributed by atoms with Gasteiger partial charge in [-0.2, -0.15) is 0 Å². The predicted molar refractivity (Wildman–Crippen MR) is 118 cm³/mol. The van der Waals surface area contributed by atoms with Crippen LogP contribution in [0.1, 0.15) is 24.0 Å². The van der Waals surface area contributed by atoms with Crippen molar-refractivity contribution in [2.75, 3.05) is 26.7 Å².